The van der Waals surface area contributed by atoms with Crippen LogP contribution >= 0.6 is 0 Å². The van der Waals surface area contributed by atoms with Crippen LogP contribution in [0.15, 0.2) is 18.2 Å². The van der Waals surface area contributed by atoms with E-state index in [0.29, 0.717) is 12.1 Å². The molecule has 1 aliphatic rings. The van der Waals surface area contributed by atoms with E-state index in [2.05, 4.69) is 11.8 Å². The van der Waals surface area contributed by atoms with Gasteiger partial charge in [-0.3, -0.25) is 4.79 Å². The van der Waals surface area contributed by atoms with Crippen LogP contribution in [0.25, 0.3) is 0 Å². The SMILES string of the molecule is Cc1ccc(C(=O)N(CCO)C2CC2)cc1C#CCO. The van der Waals surface area contributed by atoms with E-state index < -0.39 is 0 Å². The smallest absolute Gasteiger partial charge is 0.254 e. The van der Waals surface area contributed by atoms with Gasteiger partial charge in [0.2, 0.25) is 0 Å². The van der Waals surface area contributed by atoms with Gasteiger partial charge in [0.05, 0.1) is 6.61 Å². The minimum absolute atomic E-state index is 0.0225. The first-order valence-electron chi connectivity index (χ1n) is 6.79. The zero-order chi connectivity index (χ0) is 14.5. The zero-order valence-electron chi connectivity index (χ0n) is 11.6. The molecule has 106 valence electrons. The number of amides is 1. The molecule has 0 unspecified atom stereocenters. The molecule has 1 amide bonds. The fourth-order valence-electron chi connectivity index (χ4n) is 2.13. The average molecular weight is 273 g/mol. The minimum atomic E-state index is -0.198. The summed E-state index contributed by atoms with van der Waals surface area (Å²) in [4.78, 5) is 14.2. The summed E-state index contributed by atoms with van der Waals surface area (Å²) in [6, 6.07) is 5.67. The lowest BCUT2D eigenvalue weighted by Gasteiger charge is -2.21. The number of carbonyl (C=O) groups is 1. The molecule has 20 heavy (non-hydrogen) atoms. The molecule has 4 nitrogen and oxygen atoms in total. The van der Waals surface area contributed by atoms with E-state index in [1.807, 2.05) is 13.0 Å². The van der Waals surface area contributed by atoms with Gasteiger partial charge in [-0.2, -0.15) is 0 Å². The van der Waals surface area contributed by atoms with E-state index in [0.717, 1.165) is 24.0 Å². The second-order valence-electron chi connectivity index (χ2n) is 4.94. The third-order valence-electron chi connectivity index (χ3n) is 3.38. The largest absolute Gasteiger partial charge is 0.395 e. The molecule has 1 aliphatic carbocycles. The summed E-state index contributed by atoms with van der Waals surface area (Å²) in [7, 11) is 0. The lowest BCUT2D eigenvalue weighted by molar-refractivity contribution is 0.0707. The maximum absolute atomic E-state index is 12.5. The summed E-state index contributed by atoms with van der Waals surface area (Å²) in [6.07, 6.45) is 2.02. The van der Waals surface area contributed by atoms with Crippen LogP contribution in [0.4, 0.5) is 0 Å². The number of rotatable bonds is 4. The highest BCUT2D eigenvalue weighted by Crippen LogP contribution is 2.28. The van der Waals surface area contributed by atoms with E-state index >= 15 is 0 Å². The Hall–Kier alpha value is -1.83. The van der Waals surface area contributed by atoms with Crippen LogP contribution < -0.4 is 0 Å². The molecule has 0 atom stereocenters. The van der Waals surface area contributed by atoms with Crippen LogP contribution in [-0.2, 0) is 0 Å². The van der Waals surface area contributed by atoms with Crippen molar-refractivity contribution in [1.82, 2.24) is 4.90 Å². The van der Waals surface area contributed by atoms with Crippen LogP contribution in [0.1, 0.15) is 34.3 Å². The maximum atomic E-state index is 12.5. The minimum Gasteiger partial charge on any atom is -0.395 e. The second kappa shape index (κ2) is 6.56. The topological polar surface area (TPSA) is 60.8 Å². The van der Waals surface area contributed by atoms with Gasteiger partial charge in [0, 0.05) is 23.7 Å². The Kier molecular flexibility index (Phi) is 4.78. The van der Waals surface area contributed by atoms with Crippen molar-refractivity contribution < 1.29 is 15.0 Å². The van der Waals surface area contributed by atoms with Crippen molar-refractivity contribution in [2.75, 3.05) is 19.8 Å². The van der Waals surface area contributed by atoms with Gasteiger partial charge in [0.25, 0.3) is 5.91 Å². The number of benzene rings is 1. The normalized spacial score (nSPS) is 13.6. The number of carbonyl (C=O) groups excluding carboxylic acids is 1. The molecule has 2 N–H and O–H groups in total. The zero-order valence-corrected chi connectivity index (χ0v) is 11.6. The van der Waals surface area contributed by atoms with Crippen molar-refractivity contribution in [2.24, 2.45) is 0 Å². The summed E-state index contributed by atoms with van der Waals surface area (Å²) >= 11 is 0. The van der Waals surface area contributed by atoms with Gasteiger partial charge in [-0.05, 0) is 37.5 Å². The molecule has 2 rings (SSSR count). The fourth-order valence-corrected chi connectivity index (χ4v) is 2.13. The van der Waals surface area contributed by atoms with Crippen LogP contribution in [0, 0.1) is 18.8 Å². The molecule has 0 aliphatic heterocycles. The number of nitrogens with zero attached hydrogens (tertiary/aromatic N) is 1. The molecule has 0 aromatic heterocycles. The average Bonchev–Trinajstić information content (AvgIpc) is 3.27. The number of aliphatic hydroxyl groups is 2. The molecule has 0 spiro atoms. The molecular formula is C16H19NO3. The molecule has 1 aromatic rings. The Morgan fingerprint density at radius 2 is 2.15 bits per heavy atom. The molecule has 0 saturated heterocycles. The molecular weight excluding hydrogens is 254 g/mol. The van der Waals surface area contributed by atoms with Crippen molar-refractivity contribution >= 4 is 5.91 Å². The van der Waals surface area contributed by atoms with Crippen molar-refractivity contribution in [3.05, 3.63) is 34.9 Å². The van der Waals surface area contributed by atoms with Crippen molar-refractivity contribution in [2.45, 2.75) is 25.8 Å². The van der Waals surface area contributed by atoms with E-state index in [1.165, 1.54) is 0 Å². The lowest BCUT2D eigenvalue weighted by atomic mass is 10.0. The Morgan fingerprint density at radius 3 is 2.75 bits per heavy atom. The highest BCUT2D eigenvalue weighted by Gasteiger charge is 2.32. The summed E-state index contributed by atoms with van der Waals surface area (Å²) in [5.41, 5.74) is 2.31. The van der Waals surface area contributed by atoms with Crippen LogP contribution in [-0.4, -0.2) is 46.8 Å². The van der Waals surface area contributed by atoms with Gasteiger partial charge in [-0.1, -0.05) is 17.9 Å². The summed E-state index contributed by atoms with van der Waals surface area (Å²) in [6.45, 7) is 2.07. The van der Waals surface area contributed by atoms with Crippen LogP contribution in [0.5, 0.6) is 0 Å². The number of hydrogen-bond donors (Lipinski definition) is 2. The van der Waals surface area contributed by atoms with Crippen molar-refractivity contribution in [3.8, 4) is 11.8 Å². The van der Waals surface area contributed by atoms with E-state index in [-0.39, 0.29) is 25.2 Å². The first kappa shape index (κ1) is 14.6. The van der Waals surface area contributed by atoms with Gasteiger partial charge < -0.3 is 15.1 Å². The van der Waals surface area contributed by atoms with Crippen LogP contribution in [0.3, 0.4) is 0 Å². The Labute approximate surface area is 119 Å². The highest BCUT2D eigenvalue weighted by molar-refractivity contribution is 5.95. The van der Waals surface area contributed by atoms with Crippen LogP contribution in [0.2, 0.25) is 0 Å². The molecule has 0 bridgehead atoms. The third-order valence-corrected chi connectivity index (χ3v) is 3.38. The predicted octanol–water partition coefficient (Wildman–Crippen LogP) is 0.936. The predicted molar refractivity (Wildman–Crippen MR) is 76.3 cm³/mol. The second-order valence-corrected chi connectivity index (χ2v) is 4.94. The quantitative estimate of drug-likeness (QED) is 0.803. The number of hydrogen-bond acceptors (Lipinski definition) is 3. The standard InChI is InChI=1S/C16H19NO3/c1-12-4-5-14(11-13(12)3-2-9-18)16(20)17(8-10-19)15-6-7-15/h4-5,11,15,18-19H,6-10H2,1H3. The number of aryl methyl sites for hydroxylation is 1. The molecule has 0 radical (unpaired) electrons. The Morgan fingerprint density at radius 1 is 1.40 bits per heavy atom. The molecule has 4 heteroatoms. The summed E-state index contributed by atoms with van der Waals surface area (Å²) < 4.78 is 0. The molecule has 1 fully saturated rings. The first-order chi connectivity index (χ1) is 9.67. The van der Waals surface area contributed by atoms with Gasteiger partial charge in [-0.15, -0.1) is 0 Å². The fraction of sp³-hybridized carbons (Fsp3) is 0.438. The Bertz CT molecular complexity index is 553. The third kappa shape index (κ3) is 3.38. The highest BCUT2D eigenvalue weighted by atomic mass is 16.3. The first-order valence-corrected chi connectivity index (χ1v) is 6.79. The van der Waals surface area contributed by atoms with Gasteiger partial charge in [0.1, 0.15) is 6.61 Å². The summed E-state index contributed by atoms with van der Waals surface area (Å²) in [5.74, 6) is 5.39. The van der Waals surface area contributed by atoms with Gasteiger partial charge in [-0.25, -0.2) is 0 Å². The van der Waals surface area contributed by atoms with Crippen molar-refractivity contribution in [1.29, 1.82) is 0 Å². The summed E-state index contributed by atoms with van der Waals surface area (Å²) in [5, 5.41) is 17.8. The maximum Gasteiger partial charge on any atom is 0.254 e. The molecule has 0 heterocycles. The van der Waals surface area contributed by atoms with Crippen molar-refractivity contribution in [3.63, 3.8) is 0 Å². The molecule has 1 saturated carbocycles. The molecule has 1 aromatic carbocycles. The number of aliphatic hydroxyl groups excluding tert-OH is 2. The van der Waals surface area contributed by atoms with E-state index in [9.17, 15) is 4.79 Å². The monoisotopic (exact) mass is 273 g/mol. The lowest BCUT2D eigenvalue weighted by Crippen LogP contribution is -2.35. The van der Waals surface area contributed by atoms with E-state index in [4.69, 9.17) is 10.2 Å². The van der Waals surface area contributed by atoms with E-state index in [1.54, 1.807) is 17.0 Å². The Balaban J connectivity index is 2.24. The van der Waals surface area contributed by atoms with Gasteiger partial charge >= 0.3 is 0 Å². The van der Waals surface area contributed by atoms with Gasteiger partial charge in [0.15, 0.2) is 0 Å².